The summed E-state index contributed by atoms with van der Waals surface area (Å²) in [7, 11) is 0. The third-order valence-electron chi connectivity index (χ3n) is 5.38. The quantitative estimate of drug-likeness (QED) is 0.156. The lowest BCUT2D eigenvalue weighted by Gasteiger charge is -2.28. The zero-order valence-electron chi connectivity index (χ0n) is 19.0. The van der Waals surface area contributed by atoms with E-state index in [-0.39, 0.29) is 12.3 Å². The van der Waals surface area contributed by atoms with Gasteiger partial charge in [-0.25, -0.2) is 4.79 Å². The van der Waals surface area contributed by atoms with Crippen molar-refractivity contribution in [1.82, 2.24) is 16.0 Å². The van der Waals surface area contributed by atoms with Crippen molar-refractivity contribution in [3.63, 3.8) is 0 Å². The smallest absolute Gasteiger partial charge is 0.326 e. The van der Waals surface area contributed by atoms with Gasteiger partial charge in [0.15, 0.2) is 0 Å². The fourth-order valence-corrected chi connectivity index (χ4v) is 2.78. The topological polar surface area (TPSA) is 208 Å². The van der Waals surface area contributed by atoms with Crippen molar-refractivity contribution in [1.29, 1.82) is 0 Å². The summed E-state index contributed by atoms with van der Waals surface area (Å²) in [5.74, 6) is -5.58. The molecule has 8 N–H and O–H groups in total. The third kappa shape index (κ3) is 9.60. The number of hydrogen-bond acceptors (Lipinski definition) is 7. The lowest BCUT2D eigenvalue weighted by atomic mass is 9.96. The van der Waals surface area contributed by atoms with Crippen LogP contribution in [0.4, 0.5) is 0 Å². The van der Waals surface area contributed by atoms with Crippen molar-refractivity contribution in [2.24, 2.45) is 17.6 Å². The number of nitrogens with two attached hydrogens (primary N) is 1. The monoisotopic (exact) mass is 460 g/mol. The van der Waals surface area contributed by atoms with Gasteiger partial charge in [0.25, 0.3) is 0 Å². The Balaban J connectivity index is 5.64. The molecule has 0 spiro atoms. The van der Waals surface area contributed by atoms with Crippen LogP contribution in [0.5, 0.6) is 0 Å². The molecule has 12 heteroatoms. The average Bonchev–Trinajstić information content (AvgIpc) is 2.75. The molecule has 6 atom stereocenters. The predicted molar refractivity (Wildman–Crippen MR) is 114 cm³/mol. The molecule has 0 fully saturated rings. The van der Waals surface area contributed by atoms with E-state index in [9.17, 15) is 29.1 Å². The molecule has 12 nitrogen and oxygen atoms in total. The summed E-state index contributed by atoms with van der Waals surface area (Å²) in [5.41, 5.74) is 5.48. The highest BCUT2D eigenvalue weighted by molar-refractivity contribution is 5.94. The summed E-state index contributed by atoms with van der Waals surface area (Å²) in [6.45, 7) is 6.23. The van der Waals surface area contributed by atoms with Crippen molar-refractivity contribution in [3.05, 3.63) is 0 Å². The molecule has 0 heterocycles. The van der Waals surface area contributed by atoms with Gasteiger partial charge in [0.2, 0.25) is 17.7 Å². The third-order valence-corrected chi connectivity index (χ3v) is 5.38. The van der Waals surface area contributed by atoms with Gasteiger partial charge >= 0.3 is 11.9 Å². The van der Waals surface area contributed by atoms with Crippen LogP contribution in [-0.2, 0) is 24.0 Å². The summed E-state index contributed by atoms with van der Waals surface area (Å²) >= 11 is 0. The van der Waals surface area contributed by atoms with Crippen molar-refractivity contribution < 1.29 is 39.3 Å². The Morgan fingerprint density at radius 1 is 0.812 bits per heavy atom. The maximum atomic E-state index is 12.9. The summed E-state index contributed by atoms with van der Waals surface area (Å²) < 4.78 is 0. The molecule has 0 rings (SSSR count). The van der Waals surface area contributed by atoms with Crippen molar-refractivity contribution in [2.45, 2.75) is 77.5 Å². The van der Waals surface area contributed by atoms with Crippen LogP contribution in [0.1, 0.15) is 53.4 Å². The van der Waals surface area contributed by atoms with Crippen molar-refractivity contribution >= 4 is 29.7 Å². The Morgan fingerprint density at radius 3 is 1.75 bits per heavy atom. The number of aliphatic carboxylic acids is 2. The van der Waals surface area contributed by atoms with Gasteiger partial charge in [0, 0.05) is 6.42 Å². The first-order valence-corrected chi connectivity index (χ1v) is 10.6. The minimum atomic E-state index is -1.33. The van der Waals surface area contributed by atoms with E-state index in [4.69, 9.17) is 15.9 Å². The molecule has 32 heavy (non-hydrogen) atoms. The number of carboxylic acids is 2. The number of hydrogen-bond donors (Lipinski definition) is 7. The SMILES string of the molecule is CCC(C)C(NC(=O)C(CCC(=O)O)NC(=O)C(NC(=O)C(N)CO)C(C)CC)C(=O)O. The zero-order chi connectivity index (χ0) is 25.0. The number of carbonyl (C=O) groups is 5. The standard InChI is InChI=1S/C20H36N4O8/c1-5-10(3)15(23-17(28)12(21)9-25)19(30)22-13(7-8-14(26)27)18(29)24-16(20(31)32)11(4)6-2/h10-13,15-16,25H,5-9,21H2,1-4H3,(H,22,30)(H,23,28)(H,24,29)(H,26,27)(H,31,32). The number of rotatable bonds is 15. The number of aliphatic hydroxyl groups is 1. The average molecular weight is 461 g/mol. The Bertz CT molecular complexity index is 672. The molecular formula is C20H36N4O8. The van der Waals surface area contributed by atoms with Gasteiger partial charge in [-0.05, 0) is 18.3 Å². The minimum absolute atomic E-state index is 0.281. The van der Waals surface area contributed by atoms with Gasteiger partial charge < -0.3 is 37.0 Å². The first-order chi connectivity index (χ1) is 14.9. The highest BCUT2D eigenvalue weighted by Gasteiger charge is 2.33. The number of nitrogens with one attached hydrogen (secondary N) is 3. The molecule has 184 valence electrons. The highest BCUT2D eigenvalue weighted by Crippen LogP contribution is 2.12. The van der Waals surface area contributed by atoms with Crippen LogP contribution in [0.2, 0.25) is 0 Å². The molecule has 0 aromatic rings. The summed E-state index contributed by atoms with van der Waals surface area (Å²) in [6, 6.07) is -4.90. The van der Waals surface area contributed by atoms with Crippen LogP contribution >= 0.6 is 0 Å². The lowest BCUT2D eigenvalue weighted by molar-refractivity contribution is -0.144. The van der Waals surface area contributed by atoms with Gasteiger partial charge in [-0.2, -0.15) is 0 Å². The number of carbonyl (C=O) groups excluding carboxylic acids is 3. The molecule has 0 aliphatic rings. The summed E-state index contributed by atoms with van der Waals surface area (Å²) in [4.78, 5) is 60.2. The Hall–Kier alpha value is -2.73. The summed E-state index contributed by atoms with van der Waals surface area (Å²) in [5, 5.41) is 34.6. The van der Waals surface area contributed by atoms with Crippen molar-refractivity contribution in [2.75, 3.05) is 6.61 Å². The maximum Gasteiger partial charge on any atom is 0.326 e. The molecule has 3 amide bonds. The first kappa shape index (κ1) is 29.3. The molecule has 0 aliphatic heterocycles. The predicted octanol–water partition coefficient (Wildman–Crippen LogP) is -1.20. The maximum absolute atomic E-state index is 12.9. The Morgan fingerprint density at radius 2 is 1.31 bits per heavy atom. The van der Waals surface area contributed by atoms with E-state index in [0.29, 0.717) is 12.8 Å². The van der Waals surface area contributed by atoms with E-state index in [0.717, 1.165) is 0 Å². The van der Waals surface area contributed by atoms with Gasteiger partial charge in [0.1, 0.15) is 24.2 Å². The van der Waals surface area contributed by atoms with Gasteiger partial charge in [0.05, 0.1) is 6.61 Å². The second-order valence-corrected chi connectivity index (χ2v) is 7.86. The van der Waals surface area contributed by atoms with E-state index in [1.165, 1.54) is 0 Å². The number of amides is 3. The van der Waals surface area contributed by atoms with Gasteiger partial charge in [-0.15, -0.1) is 0 Å². The molecule has 6 unspecified atom stereocenters. The highest BCUT2D eigenvalue weighted by atomic mass is 16.4. The fourth-order valence-electron chi connectivity index (χ4n) is 2.78. The van der Waals surface area contributed by atoms with E-state index in [1.807, 2.05) is 0 Å². The summed E-state index contributed by atoms with van der Waals surface area (Å²) in [6.07, 6.45) is 0.219. The van der Waals surface area contributed by atoms with Crippen LogP contribution in [0.3, 0.4) is 0 Å². The number of aliphatic hydroxyl groups excluding tert-OH is 1. The van der Waals surface area contributed by atoms with Crippen LogP contribution in [0.25, 0.3) is 0 Å². The molecule has 0 radical (unpaired) electrons. The largest absolute Gasteiger partial charge is 0.481 e. The minimum Gasteiger partial charge on any atom is -0.481 e. The molecule has 0 saturated heterocycles. The molecule has 0 aromatic carbocycles. The zero-order valence-corrected chi connectivity index (χ0v) is 19.0. The molecule has 0 aliphatic carbocycles. The van der Waals surface area contributed by atoms with Crippen LogP contribution in [-0.4, -0.2) is 75.8 Å². The molecule has 0 aromatic heterocycles. The Labute approximate surface area is 187 Å². The van der Waals surface area contributed by atoms with Crippen LogP contribution in [0.15, 0.2) is 0 Å². The van der Waals surface area contributed by atoms with Gasteiger partial charge in [-0.1, -0.05) is 40.5 Å². The second kappa shape index (κ2) is 14.4. The van der Waals surface area contributed by atoms with E-state index >= 15 is 0 Å². The lowest BCUT2D eigenvalue weighted by Crippen LogP contribution is -2.59. The number of carboxylic acid groups (broad SMARTS) is 2. The van der Waals surface area contributed by atoms with Crippen molar-refractivity contribution in [3.8, 4) is 0 Å². The van der Waals surface area contributed by atoms with E-state index < -0.39 is 72.8 Å². The van der Waals surface area contributed by atoms with E-state index in [2.05, 4.69) is 16.0 Å². The molecular weight excluding hydrogens is 424 g/mol. The van der Waals surface area contributed by atoms with Crippen LogP contribution in [0, 0.1) is 11.8 Å². The fraction of sp³-hybridized carbons (Fsp3) is 0.750. The first-order valence-electron chi connectivity index (χ1n) is 10.6. The van der Waals surface area contributed by atoms with E-state index in [1.54, 1.807) is 27.7 Å². The normalized spacial score (nSPS) is 16.6. The molecule has 0 saturated carbocycles. The van der Waals surface area contributed by atoms with Gasteiger partial charge in [-0.3, -0.25) is 19.2 Å². The van der Waals surface area contributed by atoms with Crippen LogP contribution < -0.4 is 21.7 Å². The molecule has 0 bridgehead atoms. The Kier molecular flexibility index (Phi) is 13.1. The second-order valence-electron chi connectivity index (χ2n) is 7.86.